The van der Waals surface area contributed by atoms with Crippen LogP contribution in [0.25, 0.3) is 90.6 Å². The molecule has 0 atom stereocenters. The minimum atomic E-state index is 0.529. The van der Waals surface area contributed by atoms with Crippen molar-refractivity contribution in [3.05, 3.63) is 194 Å². The van der Waals surface area contributed by atoms with Gasteiger partial charge >= 0.3 is 0 Å². The molecule has 0 saturated heterocycles. The van der Waals surface area contributed by atoms with E-state index in [1.807, 2.05) is 164 Å². The average Bonchev–Trinajstić information content (AvgIpc) is 3.29. The first kappa shape index (κ1) is 33.9. The molecule has 7 aromatic carbocycles. The van der Waals surface area contributed by atoms with E-state index < -0.39 is 0 Å². The maximum absolute atomic E-state index is 9.54. The minimum absolute atomic E-state index is 0.529. The summed E-state index contributed by atoms with van der Waals surface area (Å²) in [4.78, 5) is 30.3. The van der Waals surface area contributed by atoms with Gasteiger partial charge < -0.3 is 0 Å². The standard InChI is InChI=1S/C49H31N7/c50-32-33-16-14-23-37(30-33)38-24-15-25-39(31-38)47-52-46(36-21-8-3-9-22-36)55-49(56-47)43-29-13-11-27-41(43)40-26-10-12-28-42(40)48-53-44(34-17-4-1-5-18-34)51-45(54-48)35-19-6-2-7-20-35/h1-31H. The van der Waals surface area contributed by atoms with Crippen molar-refractivity contribution >= 4 is 0 Å². The zero-order chi connectivity index (χ0) is 37.7. The van der Waals surface area contributed by atoms with E-state index in [1.165, 1.54) is 0 Å². The maximum atomic E-state index is 9.54. The number of nitrogens with zero attached hydrogens (tertiary/aromatic N) is 7. The second-order valence-electron chi connectivity index (χ2n) is 13.1. The summed E-state index contributed by atoms with van der Waals surface area (Å²) in [5.74, 6) is 3.36. The predicted molar refractivity (Wildman–Crippen MR) is 221 cm³/mol. The first-order valence-corrected chi connectivity index (χ1v) is 18.2. The number of nitriles is 1. The Bertz CT molecular complexity index is 2810. The van der Waals surface area contributed by atoms with Crippen LogP contribution in [0.2, 0.25) is 0 Å². The number of rotatable bonds is 8. The molecule has 7 heteroatoms. The fourth-order valence-corrected chi connectivity index (χ4v) is 6.70. The minimum Gasteiger partial charge on any atom is -0.208 e. The summed E-state index contributed by atoms with van der Waals surface area (Å²) in [6, 6.07) is 64.1. The van der Waals surface area contributed by atoms with Crippen LogP contribution < -0.4 is 0 Å². The molecule has 9 rings (SSSR count). The highest BCUT2D eigenvalue weighted by molar-refractivity contribution is 5.90. The van der Waals surface area contributed by atoms with Crippen LogP contribution in [0.3, 0.4) is 0 Å². The van der Waals surface area contributed by atoms with Gasteiger partial charge in [0.2, 0.25) is 0 Å². The third-order valence-electron chi connectivity index (χ3n) is 9.44. The molecule has 0 unspecified atom stereocenters. The molecule has 0 fully saturated rings. The Hall–Kier alpha value is -7.95. The van der Waals surface area contributed by atoms with Gasteiger partial charge in [-0.2, -0.15) is 5.26 Å². The lowest BCUT2D eigenvalue weighted by Gasteiger charge is -2.15. The van der Waals surface area contributed by atoms with Crippen LogP contribution in [0, 0.1) is 11.3 Å². The molecule has 0 bridgehead atoms. The van der Waals surface area contributed by atoms with Gasteiger partial charge in [0.25, 0.3) is 0 Å². The summed E-state index contributed by atoms with van der Waals surface area (Å²) in [5.41, 5.74) is 9.53. The van der Waals surface area contributed by atoms with Crippen molar-refractivity contribution in [3.8, 4) is 96.7 Å². The van der Waals surface area contributed by atoms with E-state index in [-0.39, 0.29) is 0 Å². The van der Waals surface area contributed by atoms with E-state index >= 15 is 0 Å². The van der Waals surface area contributed by atoms with E-state index in [4.69, 9.17) is 29.9 Å². The van der Waals surface area contributed by atoms with Gasteiger partial charge in [0.05, 0.1) is 11.6 Å². The van der Waals surface area contributed by atoms with Crippen molar-refractivity contribution in [2.24, 2.45) is 0 Å². The van der Waals surface area contributed by atoms with Crippen LogP contribution in [-0.4, -0.2) is 29.9 Å². The van der Waals surface area contributed by atoms with Crippen molar-refractivity contribution in [1.82, 2.24) is 29.9 Å². The van der Waals surface area contributed by atoms with E-state index in [1.54, 1.807) is 6.07 Å². The fraction of sp³-hybridized carbons (Fsp3) is 0. The summed E-state index contributed by atoms with van der Waals surface area (Å²) < 4.78 is 0. The zero-order valence-electron chi connectivity index (χ0n) is 30.0. The second-order valence-corrected chi connectivity index (χ2v) is 13.1. The van der Waals surface area contributed by atoms with Crippen LogP contribution in [0.1, 0.15) is 5.56 Å². The number of hydrogen-bond donors (Lipinski definition) is 0. The molecular formula is C49H31N7. The van der Waals surface area contributed by atoms with Gasteiger partial charge in [0, 0.05) is 33.4 Å². The molecule has 2 aromatic heterocycles. The third kappa shape index (κ3) is 6.94. The third-order valence-corrected chi connectivity index (χ3v) is 9.44. The molecule has 0 amide bonds. The highest BCUT2D eigenvalue weighted by Gasteiger charge is 2.20. The van der Waals surface area contributed by atoms with E-state index in [2.05, 4.69) is 24.3 Å². The maximum Gasteiger partial charge on any atom is 0.164 e. The van der Waals surface area contributed by atoms with Crippen LogP contribution in [0.5, 0.6) is 0 Å². The molecule has 0 saturated carbocycles. The van der Waals surface area contributed by atoms with E-state index in [9.17, 15) is 5.26 Å². The highest BCUT2D eigenvalue weighted by atomic mass is 15.0. The smallest absolute Gasteiger partial charge is 0.164 e. The van der Waals surface area contributed by atoms with Gasteiger partial charge in [-0.3, -0.25) is 0 Å². The highest BCUT2D eigenvalue weighted by Crippen LogP contribution is 2.38. The lowest BCUT2D eigenvalue weighted by Crippen LogP contribution is -2.02. The molecule has 0 spiro atoms. The van der Waals surface area contributed by atoms with Crippen molar-refractivity contribution < 1.29 is 0 Å². The summed E-state index contributed by atoms with van der Waals surface area (Å²) in [6.45, 7) is 0. The van der Waals surface area contributed by atoms with Crippen LogP contribution in [0.4, 0.5) is 0 Å². The van der Waals surface area contributed by atoms with Gasteiger partial charge in [0.1, 0.15) is 0 Å². The molecule has 56 heavy (non-hydrogen) atoms. The van der Waals surface area contributed by atoms with Crippen LogP contribution in [0.15, 0.2) is 188 Å². The van der Waals surface area contributed by atoms with Crippen LogP contribution >= 0.6 is 0 Å². The van der Waals surface area contributed by atoms with Gasteiger partial charge in [-0.05, 0) is 40.5 Å². The second kappa shape index (κ2) is 15.2. The molecule has 0 aliphatic carbocycles. The molecule has 0 aliphatic rings. The van der Waals surface area contributed by atoms with Gasteiger partial charge in [-0.15, -0.1) is 0 Å². The first-order valence-electron chi connectivity index (χ1n) is 18.2. The SMILES string of the molecule is N#Cc1cccc(-c2cccc(-c3nc(-c4ccccc4)nc(-c4ccccc4-c4ccccc4-c4nc(-c5ccccc5)nc(-c5ccccc5)n4)n3)c2)c1. The molecule has 0 N–H and O–H groups in total. The quantitative estimate of drug-likeness (QED) is 0.154. The summed E-state index contributed by atoms with van der Waals surface area (Å²) in [7, 11) is 0. The van der Waals surface area contributed by atoms with Crippen molar-refractivity contribution in [2.75, 3.05) is 0 Å². The van der Waals surface area contributed by atoms with Gasteiger partial charge in [-0.1, -0.05) is 170 Å². The molecule has 2 heterocycles. The lowest BCUT2D eigenvalue weighted by molar-refractivity contribution is 1.07. The van der Waals surface area contributed by atoms with Crippen molar-refractivity contribution in [2.45, 2.75) is 0 Å². The molecule has 262 valence electrons. The summed E-state index contributed by atoms with van der Waals surface area (Å²) in [5, 5.41) is 9.54. The zero-order valence-corrected chi connectivity index (χ0v) is 30.0. The Labute approximate surface area is 324 Å². The Morgan fingerprint density at radius 2 is 0.589 bits per heavy atom. The molecular weight excluding hydrogens is 687 g/mol. The lowest BCUT2D eigenvalue weighted by atomic mass is 9.94. The molecule has 9 aromatic rings. The molecule has 7 nitrogen and oxygen atoms in total. The topological polar surface area (TPSA) is 101 Å². The summed E-state index contributed by atoms with van der Waals surface area (Å²) >= 11 is 0. The Morgan fingerprint density at radius 1 is 0.268 bits per heavy atom. The fourth-order valence-electron chi connectivity index (χ4n) is 6.70. The molecule has 0 aliphatic heterocycles. The number of aromatic nitrogens is 6. The Morgan fingerprint density at radius 3 is 1.04 bits per heavy atom. The largest absolute Gasteiger partial charge is 0.208 e. The average molecular weight is 718 g/mol. The van der Waals surface area contributed by atoms with Crippen molar-refractivity contribution in [3.63, 3.8) is 0 Å². The molecule has 0 radical (unpaired) electrons. The normalized spacial score (nSPS) is 10.8. The Balaban J connectivity index is 1.21. The summed E-state index contributed by atoms with van der Waals surface area (Å²) in [6.07, 6.45) is 0. The Kier molecular flexibility index (Phi) is 9.18. The van der Waals surface area contributed by atoms with Crippen molar-refractivity contribution in [1.29, 1.82) is 5.26 Å². The monoisotopic (exact) mass is 717 g/mol. The van der Waals surface area contributed by atoms with Gasteiger partial charge in [0.15, 0.2) is 34.9 Å². The van der Waals surface area contributed by atoms with Crippen LogP contribution in [-0.2, 0) is 0 Å². The predicted octanol–water partition coefficient (Wildman–Crippen LogP) is 11.3. The number of benzene rings is 7. The van der Waals surface area contributed by atoms with Gasteiger partial charge in [-0.25, -0.2) is 29.9 Å². The van der Waals surface area contributed by atoms with E-state index in [0.29, 0.717) is 40.5 Å². The number of hydrogen-bond acceptors (Lipinski definition) is 7. The first-order chi connectivity index (χ1) is 27.7. The van der Waals surface area contributed by atoms with E-state index in [0.717, 1.165) is 55.6 Å².